The van der Waals surface area contributed by atoms with Crippen LogP contribution in [0.1, 0.15) is 33.6 Å². The first-order valence-electron chi connectivity index (χ1n) is 5.04. The van der Waals surface area contributed by atoms with Crippen molar-refractivity contribution in [1.29, 1.82) is 0 Å². The maximum atomic E-state index is 11.0. The van der Waals surface area contributed by atoms with E-state index < -0.39 is 0 Å². The van der Waals surface area contributed by atoms with E-state index in [1.807, 2.05) is 0 Å². The van der Waals surface area contributed by atoms with Crippen LogP contribution in [0.15, 0.2) is 12.7 Å². The second-order valence-corrected chi connectivity index (χ2v) is 4.63. The largest absolute Gasteiger partial charge is 0.459 e. The number of hydrogen-bond donors (Lipinski definition) is 1. The van der Waals surface area contributed by atoms with Crippen LogP contribution >= 0.6 is 0 Å². The van der Waals surface area contributed by atoms with E-state index in [1.165, 1.54) is 6.08 Å². The van der Waals surface area contributed by atoms with E-state index in [4.69, 9.17) is 4.74 Å². The molecule has 1 fully saturated rings. The Hall–Kier alpha value is -0.830. The van der Waals surface area contributed by atoms with Crippen molar-refractivity contribution in [2.75, 3.05) is 0 Å². The zero-order valence-electron chi connectivity index (χ0n) is 9.17. The molecule has 1 saturated heterocycles. The Bertz CT molecular complexity index is 235. The SMILES string of the molecule is C=CC(=O)OC1CC(C)NC(C)(C)C1. The molecule has 3 nitrogen and oxygen atoms in total. The third-order valence-corrected chi connectivity index (χ3v) is 2.44. The molecular weight excluding hydrogens is 178 g/mol. The molecule has 80 valence electrons. The van der Waals surface area contributed by atoms with Gasteiger partial charge in [-0.05, 0) is 27.2 Å². The third-order valence-electron chi connectivity index (χ3n) is 2.44. The lowest BCUT2D eigenvalue weighted by atomic mass is 9.87. The molecule has 0 amide bonds. The van der Waals surface area contributed by atoms with E-state index in [0.717, 1.165) is 12.8 Å². The maximum absolute atomic E-state index is 11.0. The normalized spacial score (nSPS) is 30.8. The highest BCUT2D eigenvalue weighted by Crippen LogP contribution is 2.24. The van der Waals surface area contributed by atoms with Crippen LogP contribution in [0.4, 0.5) is 0 Å². The highest BCUT2D eigenvalue weighted by molar-refractivity contribution is 5.81. The Labute approximate surface area is 85.5 Å². The quantitative estimate of drug-likeness (QED) is 0.540. The molecule has 0 aromatic heterocycles. The van der Waals surface area contributed by atoms with Gasteiger partial charge in [-0.25, -0.2) is 4.79 Å². The standard InChI is InChI=1S/C11H19NO2/c1-5-10(13)14-9-6-8(2)12-11(3,4)7-9/h5,8-9,12H,1,6-7H2,2-4H3. The fraction of sp³-hybridized carbons (Fsp3) is 0.727. The van der Waals surface area contributed by atoms with Crippen molar-refractivity contribution in [2.45, 2.75) is 51.3 Å². The van der Waals surface area contributed by atoms with Crippen LogP contribution in [0, 0.1) is 0 Å². The molecule has 0 bridgehead atoms. The van der Waals surface area contributed by atoms with Crippen molar-refractivity contribution in [3.63, 3.8) is 0 Å². The molecule has 1 N–H and O–H groups in total. The minimum absolute atomic E-state index is 0.0201. The molecule has 1 heterocycles. The van der Waals surface area contributed by atoms with Crippen LogP contribution in [0.3, 0.4) is 0 Å². The molecule has 0 radical (unpaired) electrons. The summed E-state index contributed by atoms with van der Waals surface area (Å²) in [6, 6.07) is 0.390. The fourth-order valence-corrected chi connectivity index (χ4v) is 2.13. The molecular formula is C11H19NO2. The topological polar surface area (TPSA) is 38.3 Å². The van der Waals surface area contributed by atoms with Crippen molar-refractivity contribution in [3.05, 3.63) is 12.7 Å². The molecule has 0 spiro atoms. The van der Waals surface area contributed by atoms with E-state index in [1.54, 1.807) is 0 Å². The van der Waals surface area contributed by atoms with E-state index >= 15 is 0 Å². The third kappa shape index (κ3) is 3.14. The van der Waals surface area contributed by atoms with Gasteiger partial charge in [0.25, 0.3) is 0 Å². The van der Waals surface area contributed by atoms with Gasteiger partial charge in [-0.2, -0.15) is 0 Å². The van der Waals surface area contributed by atoms with Gasteiger partial charge >= 0.3 is 5.97 Å². The van der Waals surface area contributed by atoms with Gasteiger partial charge in [-0.15, -0.1) is 0 Å². The van der Waals surface area contributed by atoms with Crippen molar-refractivity contribution < 1.29 is 9.53 Å². The van der Waals surface area contributed by atoms with Gasteiger partial charge < -0.3 is 10.1 Å². The summed E-state index contributed by atoms with van der Waals surface area (Å²) in [4.78, 5) is 11.0. The molecule has 2 unspecified atom stereocenters. The van der Waals surface area contributed by atoms with Crippen LogP contribution in [0.5, 0.6) is 0 Å². The molecule has 1 aliphatic heterocycles. The van der Waals surface area contributed by atoms with Crippen LogP contribution in [-0.2, 0) is 9.53 Å². The van der Waals surface area contributed by atoms with E-state index in [0.29, 0.717) is 6.04 Å². The second kappa shape index (κ2) is 4.13. The minimum atomic E-state index is -0.320. The van der Waals surface area contributed by atoms with Crippen molar-refractivity contribution in [1.82, 2.24) is 5.32 Å². The van der Waals surface area contributed by atoms with Gasteiger partial charge in [0.05, 0.1) is 0 Å². The highest BCUT2D eigenvalue weighted by atomic mass is 16.5. The lowest BCUT2D eigenvalue weighted by Gasteiger charge is -2.39. The first kappa shape index (κ1) is 11.2. The van der Waals surface area contributed by atoms with Gasteiger partial charge in [-0.1, -0.05) is 6.58 Å². The summed E-state index contributed by atoms with van der Waals surface area (Å²) in [6.07, 6.45) is 2.98. The highest BCUT2D eigenvalue weighted by Gasteiger charge is 2.32. The summed E-state index contributed by atoms with van der Waals surface area (Å²) in [5.41, 5.74) is 0.0454. The van der Waals surface area contributed by atoms with Gasteiger partial charge in [-0.3, -0.25) is 0 Å². The van der Waals surface area contributed by atoms with Crippen LogP contribution in [-0.4, -0.2) is 23.7 Å². The number of hydrogen-bond acceptors (Lipinski definition) is 3. The average Bonchev–Trinajstić information content (AvgIpc) is 1.99. The zero-order chi connectivity index (χ0) is 10.8. The fourth-order valence-electron chi connectivity index (χ4n) is 2.13. The van der Waals surface area contributed by atoms with E-state index in [9.17, 15) is 4.79 Å². The molecule has 1 aliphatic rings. The molecule has 0 aliphatic carbocycles. The zero-order valence-corrected chi connectivity index (χ0v) is 9.17. The van der Waals surface area contributed by atoms with Gasteiger partial charge in [0.1, 0.15) is 6.10 Å². The number of esters is 1. The number of rotatable bonds is 2. The maximum Gasteiger partial charge on any atom is 0.330 e. The summed E-state index contributed by atoms with van der Waals surface area (Å²) in [5, 5.41) is 3.46. The van der Waals surface area contributed by atoms with E-state index in [2.05, 4.69) is 32.7 Å². The van der Waals surface area contributed by atoms with Crippen LogP contribution < -0.4 is 5.32 Å². The number of carbonyl (C=O) groups excluding carboxylic acids is 1. The van der Waals surface area contributed by atoms with Crippen LogP contribution in [0.25, 0.3) is 0 Å². The lowest BCUT2D eigenvalue weighted by Crippen LogP contribution is -2.53. The van der Waals surface area contributed by atoms with Gasteiger partial charge in [0, 0.05) is 24.1 Å². The number of carbonyl (C=O) groups is 1. The summed E-state index contributed by atoms with van der Waals surface area (Å²) in [6.45, 7) is 9.74. The smallest absolute Gasteiger partial charge is 0.330 e. The lowest BCUT2D eigenvalue weighted by molar-refractivity contribution is -0.145. The molecule has 0 saturated carbocycles. The summed E-state index contributed by atoms with van der Waals surface area (Å²) in [7, 11) is 0. The summed E-state index contributed by atoms with van der Waals surface area (Å²) in [5.74, 6) is -0.320. The summed E-state index contributed by atoms with van der Waals surface area (Å²) < 4.78 is 5.25. The monoisotopic (exact) mass is 197 g/mol. The first-order valence-corrected chi connectivity index (χ1v) is 5.04. The predicted octanol–water partition coefficient (Wildman–Crippen LogP) is 1.63. The average molecular weight is 197 g/mol. The number of ether oxygens (including phenoxy) is 1. The molecule has 1 rings (SSSR count). The molecule has 0 aromatic rings. The first-order chi connectivity index (χ1) is 6.43. The van der Waals surface area contributed by atoms with Gasteiger partial charge in [0.2, 0.25) is 0 Å². The van der Waals surface area contributed by atoms with E-state index in [-0.39, 0.29) is 17.6 Å². The van der Waals surface area contributed by atoms with Crippen LogP contribution in [0.2, 0.25) is 0 Å². The Morgan fingerprint density at radius 2 is 2.29 bits per heavy atom. The Morgan fingerprint density at radius 3 is 2.79 bits per heavy atom. The van der Waals surface area contributed by atoms with Gasteiger partial charge in [0.15, 0.2) is 0 Å². The van der Waals surface area contributed by atoms with Crippen molar-refractivity contribution >= 4 is 5.97 Å². The molecule has 3 heteroatoms. The Balaban J connectivity index is 2.54. The second-order valence-electron chi connectivity index (χ2n) is 4.63. The number of piperidine rings is 1. The molecule has 0 aromatic carbocycles. The Kier molecular flexibility index (Phi) is 3.32. The number of nitrogens with one attached hydrogen (secondary N) is 1. The minimum Gasteiger partial charge on any atom is -0.459 e. The molecule has 14 heavy (non-hydrogen) atoms. The van der Waals surface area contributed by atoms with Crippen molar-refractivity contribution in [2.24, 2.45) is 0 Å². The summed E-state index contributed by atoms with van der Waals surface area (Å²) >= 11 is 0. The molecule has 2 atom stereocenters. The predicted molar refractivity (Wildman–Crippen MR) is 56.0 cm³/mol. The van der Waals surface area contributed by atoms with Crippen molar-refractivity contribution in [3.8, 4) is 0 Å². The Morgan fingerprint density at radius 1 is 1.64 bits per heavy atom.